The van der Waals surface area contributed by atoms with Crippen molar-refractivity contribution in [2.45, 2.75) is 26.4 Å². The van der Waals surface area contributed by atoms with E-state index in [9.17, 15) is 0 Å². The molecular weight excluding hydrogens is 336 g/mol. The molecule has 0 aliphatic carbocycles. The molecule has 0 saturated carbocycles. The fourth-order valence-electron chi connectivity index (χ4n) is 2.74. The van der Waals surface area contributed by atoms with Crippen molar-refractivity contribution >= 4 is 0 Å². The summed E-state index contributed by atoms with van der Waals surface area (Å²) in [4.78, 5) is 4.37. The molecule has 4 heteroatoms. The summed E-state index contributed by atoms with van der Waals surface area (Å²) in [6.45, 7) is 5.80. The highest BCUT2D eigenvalue weighted by atomic mass is 16.5. The lowest BCUT2D eigenvalue weighted by molar-refractivity contribution is 0.193. The Morgan fingerprint density at radius 2 is 1.33 bits per heavy atom. The molecule has 0 amide bonds. The molecular formula is C23H26N2O2. The molecule has 0 aliphatic heterocycles. The lowest BCUT2D eigenvalue weighted by Gasteiger charge is -2.21. The Bertz CT molecular complexity index is 787. The third-order valence-electron chi connectivity index (χ3n) is 4.37. The smallest absolute Gasteiger partial charge is 0.122 e. The van der Waals surface area contributed by atoms with Gasteiger partial charge in [-0.15, -0.1) is 0 Å². The van der Waals surface area contributed by atoms with Crippen LogP contribution in [0.5, 0.6) is 11.5 Å². The van der Waals surface area contributed by atoms with Gasteiger partial charge in [0.05, 0.1) is 11.7 Å². The summed E-state index contributed by atoms with van der Waals surface area (Å²) in [6.07, 6.45) is 1.81. The highest BCUT2D eigenvalue weighted by molar-refractivity contribution is 5.32. The minimum Gasteiger partial charge on any atom is -0.492 e. The van der Waals surface area contributed by atoms with Crippen LogP contribution < -0.4 is 14.8 Å². The van der Waals surface area contributed by atoms with Crippen molar-refractivity contribution in [1.29, 1.82) is 0 Å². The van der Waals surface area contributed by atoms with Gasteiger partial charge in [0.25, 0.3) is 0 Å². The van der Waals surface area contributed by atoms with E-state index in [1.807, 2.05) is 54.6 Å². The molecule has 0 atom stereocenters. The zero-order valence-corrected chi connectivity index (χ0v) is 15.9. The molecule has 0 unspecified atom stereocenters. The molecule has 0 aliphatic rings. The molecule has 0 radical (unpaired) electrons. The molecule has 0 fully saturated rings. The fourth-order valence-corrected chi connectivity index (χ4v) is 2.74. The third kappa shape index (κ3) is 5.83. The number of aryl methyl sites for hydroxylation is 2. The van der Waals surface area contributed by atoms with Crippen LogP contribution in [0.15, 0.2) is 72.9 Å². The highest BCUT2D eigenvalue weighted by Crippen LogP contribution is 2.18. The Balaban J connectivity index is 1.62. The number of aromatic nitrogens is 1. The summed E-state index contributed by atoms with van der Waals surface area (Å²) in [5.74, 6) is 1.80. The molecule has 0 spiro atoms. The Morgan fingerprint density at radius 1 is 0.778 bits per heavy atom. The third-order valence-corrected chi connectivity index (χ3v) is 4.37. The highest BCUT2D eigenvalue weighted by Gasteiger charge is 2.12. The van der Waals surface area contributed by atoms with E-state index in [0.717, 1.165) is 28.3 Å². The zero-order chi connectivity index (χ0) is 18.9. The Kier molecular flexibility index (Phi) is 6.83. The van der Waals surface area contributed by atoms with Gasteiger partial charge in [-0.2, -0.15) is 0 Å². The average Bonchev–Trinajstić information content (AvgIpc) is 2.70. The second-order valence-electron chi connectivity index (χ2n) is 6.55. The number of hydrogen-bond donors (Lipinski definition) is 1. The van der Waals surface area contributed by atoms with E-state index in [-0.39, 0.29) is 6.04 Å². The van der Waals surface area contributed by atoms with Crippen molar-refractivity contribution in [3.63, 3.8) is 0 Å². The van der Waals surface area contributed by atoms with Crippen LogP contribution in [-0.4, -0.2) is 24.2 Å². The number of rotatable bonds is 9. The van der Waals surface area contributed by atoms with Gasteiger partial charge in [-0.3, -0.25) is 4.98 Å². The standard InChI is InChI=1S/C23H26N2O2/c1-18-9-3-5-12-22(18)26-16-21(25-15-20-11-7-8-14-24-20)17-27-23-13-6-4-10-19(23)2/h3-14,21,25H,15-17H2,1-2H3. The van der Waals surface area contributed by atoms with Crippen molar-refractivity contribution in [1.82, 2.24) is 10.3 Å². The molecule has 0 bridgehead atoms. The lowest BCUT2D eigenvalue weighted by atomic mass is 10.2. The Morgan fingerprint density at radius 3 is 1.85 bits per heavy atom. The largest absolute Gasteiger partial charge is 0.492 e. The van der Waals surface area contributed by atoms with Crippen molar-refractivity contribution in [3.8, 4) is 11.5 Å². The van der Waals surface area contributed by atoms with E-state index in [4.69, 9.17) is 9.47 Å². The molecule has 1 aromatic heterocycles. The van der Waals surface area contributed by atoms with Crippen LogP contribution in [0.3, 0.4) is 0 Å². The van der Waals surface area contributed by atoms with E-state index in [1.54, 1.807) is 6.20 Å². The van der Waals surface area contributed by atoms with Gasteiger partial charge in [0, 0.05) is 12.7 Å². The second kappa shape index (κ2) is 9.74. The van der Waals surface area contributed by atoms with Gasteiger partial charge in [0.1, 0.15) is 24.7 Å². The molecule has 3 aromatic rings. The topological polar surface area (TPSA) is 43.4 Å². The molecule has 3 rings (SSSR count). The van der Waals surface area contributed by atoms with Crippen molar-refractivity contribution in [2.75, 3.05) is 13.2 Å². The maximum absolute atomic E-state index is 6.04. The van der Waals surface area contributed by atoms with Crippen LogP contribution in [0.1, 0.15) is 16.8 Å². The van der Waals surface area contributed by atoms with E-state index in [0.29, 0.717) is 19.8 Å². The second-order valence-corrected chi connectivity index (χ2v) is 6.55. The van der Waals surface area contributed by atoms with Gasteiger partial charge in [-0.1, -0.05) is 42.5 Å². The van der Waals surface area contributed by atoms with Crippen LogP contribution in [0.25, 0.3) is 0 Å². The Hall–Kier alpha value is -2.85. The molecule has 27 heavy (non-hydrogen) atoms. The molecule has 2 aromatic carbocycles. The maximum Gasteiger partial charge on any atom is 0.122 e. The van der Waals surface area contributed by atoms with Crippen molar-refractivity contribution in [3.05, 3.63) is 89.7 Å². The number of hydrogen-bond acceptors (Lipinski definition) is 4. The van der Waals surface area contributed by atoms with Crippen LogP contribution >= 0.6 is 0 Å². The molecule has 0 saturated heterocycles. The van der Waals surface area contributed by atoms with E-state index < -0.39 is 0 Å². The monoisotopic (exact) mass is 362 g/mol. The predicted octanol–water partition coefficient (Wildman–Crippen LogP) is 4.31. The van der Waals surface area contributed by atoms with Crippen LogP contribution in [0, 0.1) is 13.8 Å². The minimum absolute atomic E-state index is 0.0335. The minimum atomic E-state index is 0.0335. The van der Waals surface area contributed by atoms with Crippen molar-refractivity contribution < 1.29 is 9.47 Å². The van der Waals surface area contributed by atoms with Gasteiger partial charge < -0.3 is 14.8 Å². The number of para-hydroxylation sites is 2. The SMILES string of the molecule is Cc1ccccc1OCC(COc1ccccc1C)NCc1ccccn1. The van der Waals surface area contributed by atoms with Gasteiger partial charge in [0.2, 0.25) is 0 Å². The van der Waals surface area contributed by atoms with Crippen molar-refractivity contribution in [2.24, 2.45) is 0 Å². The summed E-state index contributed by atoms with van der Waals surface area (Å²) in [5, 5.41) is 3.50. The molecule has 140 valence electrons. The van der Waals surface area contributed by atoms with E-state index in [1.165, 1.54) is 0 Å². The summed E-state index contributed by atoms with van der Waals surface area (Å²) < 4.78 is 12.1. The van der Waals surface area contributed by atoms with E-state index >= 15 is 0 Å². The number of nitrogens with zero attached hydrogens (tertiary/aromatic N) is 1. The molecule has 4 nitrogen and oxygen atoms in total. The first-order valence-corrected chi connectivity index (χ1v) is 9.22. The predicted molar refractivity (Wildman–Crippen MR) is 108 cm³/mol. The summed E-state index contributed by atoms with van der Waals surface area (Å²) >= 11 is 0. The lowest BCUT2D eigenvalue weighted by Crippen LogP contribution is -2.39. The quantitative estimate of drug-likeness (QED) is 0.616. The molecule has 1 heterocycles. The molecule has 1 N–H and O–H groups in total. The number of benzene rings is 2. The van der Waals surface area contributed by atoms with Gasteiger partial charge >= 0.3 is 0 Å². The average molecular weight is 362 g/mol. The normalized spacial score (nSPS) is 10.8. The first kappa shape index (κ1) is 18.9. The summed E-state index contributed by atoms with van der Waals surface area (Å²) in [7, 11) is 0. The van der Waals surface area contributed by atoms with Crippen LogP contribution in [0.2, 0.25) is 0 Å². The fraction of sp³-hybridized carbons (Fsp3) is 0.261. The van der Waals surface area contributed by atoms with Gasteiger partial charge in [-0.25, -0.2) is 0 Å². The number of ether oxygens (including phenoxy) is 2. The Labute approximate surface area is 161 Å². The van der Waals surface area contributed by atoms with Gasteiger partial charge in [0.15, 0.2) is 0 Å². The summed E-state index contributed by atoms with van der Waals surface area (Å²) in [6, 6.07) is 22.0. The number of pyridine rings is 1. The van der Waals surface area contributed by atoms with Gasteiger partial charge in [-0.05, 0) is 49.2 Å². The first-order chi connectivity index (χ1) is 13.2. The maximum atomic E-state index is 6.04. The van der Waals surface area contributed by atoms with Crippen LogP contribution in [-0.2, 0) is 6.54 Å². The van der Waals surface area contributed by atoms with Crippen LogP contribution in [0.4, 0.5) is 0 Å². The zero-order valence-electron chi connectivity index (χ0n) is 15.9. The first-order valence-electron chi connectivity index (χ1n) is 9.22. The van der Waals surface area contributed by atoms with E-state index in [2.05, 4.69) is 36.3 Å². The summed E-state index contributed by atoms with van der Waals surface area (Å²) in [5.41, 5.74) is 3.25. The number of nitrogens with one attached hydrogen (secondary N) is 1.